The van der Waals surface area contributed by atoms with Gasteiger partial charge in [-0.1, -0.05) is 41.9 Å². The second kappa shape index (κ2) is 9.37. The average molecular weight is 401 g/mol. The molecule has 0 spiro atoms. The fourth-order valence-corrected chi connectivity index (χ4v) is 3.17. The maximum atomic E-state index is 12.2. The van der Waals surface area contributed by atoms with Crippen molar-refractivity contribution in [3.05, 3.63) is 65.2 Å². The molecular formula is C21H21ClN2O4. The molecule has 6 nitrogen and oxygen atoms in total. The summed E-state index contributed by atoms with van der Waals surface area (Å²) in [7, 11) is 0. The molecule has 28 heavy (non-hydrogen) atoms. The zero-order valence-electron chi connectivity index (χ0n) is 15.3. The number of benzene rings is 2. The molecule has 7 heteroatoms. The van der Waals surface area contributed by atoms with Crippen LogP contribution in [0.4, 0.5) is 5.69 Å². The molecule has 2 aromatic carbocycles. The molecular weight excluding hydrogens is 380 g/mol. The summed E-state index contributed by atoms with van der Waals surface area (Å²) in [6.45, 7) is 0.489. The maximum absolute atomic E-state index is 12.2. The van der Waals surface area contributed by atoms with Gasteiger partial charge in [0.05, 0.1) is 5.92 Å². The molecule has 1 N–H and O–H groups in total. The molecule has 1 saturated heterocycles. The SMILES string of the molecule is O=C(COC(=O)[C@H]1CC(=O)N(CCc2ccccc2)C1)Nc1ccc(Cl)cc1. The molecule has 3 rings (SSSR count). The highest BCUT2D eigenvalue weighted by molar-refractivity contribution is 6.30. The van der Waals surface area contributed by atoms with Crippen LogP contribution in [0.2, 0.25) is 5.02 Å². The number of anilines is 1. The van der Waals surface area contributed by atoms with Gasteiger partial charge in [0, 0.05) is 30.2 Å². The van der Waals surface area contributed by atoms with Gasteiger partial charge in [0.2, 0.25) is 5.91 Å². The molecule has 146 valence electrons. The number of nitrogens with zero attached hydrogens (tertiary/aromatic N) is 1. The average Bonchev–Trinajstić information content (AvgIpc) is 3.08. The van der Waals surface area contributed by atoms with Crippen molar-refractivity contribution in [2.45, 2.75) is 12.8 Å². The Kier molecular flexibility index (Phi) is 6.66. The molecule has 0 radical (unpaired) electrons. The standard InChI is InChI=1S/C21H21ClN2O4/c22-17-6-8-18(9-7-17)23-19(25)14-28-21(27)16-12-20(26)24(13-16)11-10-15-4-2-1-3-5-15/h1-9,16H,10-14H2,(H,23,25)/t16-/m0/s1. The number of halogens is 1. The molecule has 1 aliphatic heterocycles. The van der Waals surface area contributed by atoms with Crippen LogP contribution in [0.1, 0.15) is 12.0 Å². The Balaban J connectivity index is 1.42. The normalized spacial score (nSPS) is 16.1. The maximum Gasteiger partial charge on any atom is 0.311 e. The summed E-state index contributed by atoms with van der Waals surface area (Å²) in [5.74, 6) is -1.57. The van der Waals surface area contributed by atoms with E-state index in [1.165, 1.54) is 0 Å². The zero-order chi connectivity index (χ0) is 19.9. The largest absolute Gasteiger partial charge is 0.455 e. The summed E-state index contributed by atoms with van der Waals surface area (Å²) in [5, 5.41) is 3.18. The van der Waals surface area contributed by atoms with Crippen molar-refractivity contribution in [1.82, 2.24) is 4.90 Å². The number of hydrogen-bond donors (Lipinski definition) is 1. The van der Waals surface area contributed by atoms with Crippen molar-refractivity contribution in [2.75, 3.05) is 25.0 Å². The van der Waals surface area contributed by atoms with Crippen molar-refractivity contribution >= 4 is 35.1 Å². The Hall–Kier alpha value is -2.86. The predicted molar refractivity (Wildman–Crippen MR) is 106 cm³/mol. The zero-order valence-corrected chi connectivity index (χ0v) is 16.0. The lowest BCUT2D eigenvalue weighted by atomic mass is 10.1. The van der Waals surface area contributed by atoms with Crippen molar-refractivity contribution in [3.8, 4) is 0 Å². The lowest BCUT2D eigenvalue weighted by Gasteiger charge is -2.16. The number of carbonyl (C=O) groups is 3. The number of nitrogens with one attached hydrogen (secondary N) is 1. The van der Waals surface area contributed by atoms with Crippen LogP contribution in [-0.4, -0.2) is 42.4 Å². The second-order valence-electron chi connectivity index (χ2n) is 6.64. The number of ether oxygens (including phenoxy) is 1. The van der Waals surface area contributed by atoms with E-state index in [0.717, 1.165) is 12.0 Å². The summed E-state index contributed by atoms with van der Waals surface area (Å²) >= 11 is 5.79. The minimum atomic E-state index is -0.536. The summed E-state index contributed by atoms with van der Waals surface area (Å²) in [5.41, 5.74) is 1.70. The second-order valence-corrected chi connectivity index (χ2v) is 7.08. The van der Waals surface area contributed by atoms with Crippen LogP contribution in [0.5, 0.6) is 0 Å². The van der Waals surface area contributed by atoms with Crippen LogP contribution in [0, 0.1) is 5.92 Å². The van der Waals surface area contributed by atoms with E-state index in [1.54, 1.807) is 29.2 Å². The van der Waals surface area contributed by atoms with Gasteiger partial charge in [0.15, 0.2) is 6.61 Å². The minimum Gasteiger partial charge on any atom is -0.455 e. The van der Waals surface area contributed by atoms with Crippen LogP contribution < -0.4 is 5.32 Å². The highest BCUT2D eigenvalue weighted by Gasteiger charge is 2.35. The molecule has 2 amide bonds. The van der Waals surface area contributed by atoms with E-state index in [9.17, 15) is 14.4 Å². The van der Waals surface area contributed by atoms with Gasteiger partial charge in [-0.3, -0.25) is 14.4 Å². The lowest BCUT2D eigenvalue weighted by molar-refractivity contribution is -0.151. The Morgan fingerprint density at radius 2 is 1.82 bits per heavy atom. The van der Waals surface area contributed by atoms with Gasteiger partial charge in [-0.2, -0.15) is 0 Å². The molecule has 0 unspecified atom stereocenters. The molecule has 0 saturated carbocycles. The summed E-state index contributed by atoms with van der Waals surface area (Å²) in [4.78, 5) is 37.9. The van der Waals surface area contributed by atoms with E-state index in [1.807, 2.05) is 30.3 Å². The van der Waals surface area contributed by atoms with Crippen LogP contribution >= 0.6 is 11.6 Å². The van der Waals surface area contributed by atoms with Gasteiger partial charge >= 0.3 is 5.97 Å². The van der Waals surface area contributed by atoms with Crippen LogP contribution in [0.15, 0.2) is 54.6 Å². The fourth-order valence-electron chi connectivity index (χ4n) is 3.04. The number of amides is 2. The predicted octanol–water partition coefficient (Wildman–Crippen LogP) is 2.91. The quantitative estimate of drug-likeness (QED) is 0.725. The van der Waals surface area contributed by atoms with Crippen molar-refractivity contribution < 1.29 is 19.1 Å². The molecule has 1 fully saturated rings. The molecule has 0 bridgehead atoms. The number of hydrogen-bond acceptors (Lipinski definition) is 4. The van der Waals surface area contributed by atoms with Gasteiger partial charge in [-0.05, 0) is 36.2 Å². The first-order chi connectivity index (χ1) is 13.5. The van der Waals surface area contributed by atoms with Gasteiger partial charge in [-0.25, -0.2) is 0 Å². The third kappa shape index (κ3) is 5.57. The summed E-state index contributed by atoms with van der Waals surface area (Å²) in [6, 6.07) is 16.5. The van der Waals surface area contributed by atoms with Gasteiger partial charge in [-0.15, -0.1) is 0 Å². The first kappa shape index (κ1) is 19.9. The summed E-state index contributed by atoms with van der Waals surface area (Å²) < 4.78 is 5.09. The van der Waals surface area contributed by atoms with Crippen LogP contribution in [0.25, 0.3) is 0 Å². The Morgan fingerprint density at radius 1 is 1.11 bits per heavy atom. The van der Waals surface area contributed by atoms with Crippen molar-refractivity contribution in [1.29, 1.82) is 0 Å². The molecule has 0 aromatic heterocycles. The van der Waals surface area contributed by atoms with E-state index in [2.05, 4.69) is 5.32 Å². The molecule has 0 aliphatic carbocycles. The Bertz CT molecular complexity index is 839. The Morgan fingerprint density at radius 3 is 2.54 bits per heavy atom. The first-order valence-electron chi connectivity index (χ1n) is 9.05. The molecule has 1 heterocycles. The van der Waals surface area contributed by atoms with Gasteiger partial charge < -0.3 is 15.0 Å². The minimum absolute atomic E-state index is 0.0662. The monoisotopic (exact) mass is 400 g/mol. The third-order valence-electron chi connectivity index (χ3n) is 4.53. The molecule has 2 aromatic rings. The number of esters is 1. The third-order valence-corrected chi connectivity index (χ3v) is 4.79. The Labute approximate surface area is 168 Å². The van der Waals surface area contributed by atoms with E-state index < -0.39 is 24.4 Å². The van der Waals surface area contributed by atoms with E-state index in [-0.39, 0.29) is 12.3 Å². The van der Waals surface area contributed by atoms with Gasteiger partial charge in [0.25, 0.3) is 5.91 Å². The van der Waals surface area contributed by atoms with E-state index in [0.29, 0.717) is 23.8 Å². The number of carbonyl (C=O) groups excluding carboxylic acids is 3. The molecule has 1 atom stereocenters. The fraction of sp³-hybridized carbons (Fsp3) is 0.286. The van der Waals surface area contributed by atoms with Crippen LogP contribution in [0.3, 0.4) is 0 Å². The van der Waals surface area contributed by atoms with Crippen molar-refractivity contribution in [3.63, 3.8) is 0 Å². The van der Waals surface area contributed by atoms with E-state index in [4.69, 9.17) is 16.3 Å². The van der Waals surface area contributed by atoms with Crippen LogP contribution in [-0.2, 0) is 25.5 Å². The van der Waals surface area contributed by atoms with Gasteiger partial charge in [0.1, 0.15) is 0 Å². The first-order valence-corrected chi connectivity index (χ1v) is 9.43. The topological polar surface area (TPSA) is 75.7 Å². The lowest BCUT2D eigenvalue weighted by Crippen LogP contribution is -2.29. The highest BCUT2D eigenvalue weighted by Crippen LogP contribution is 2.20. The molecule has 1 aliphatic rings. The smallest absolute Gasteiger partial charge is 0.311 e. The van der Waals surface area contributed by atoms with Crippen molar-refractivity contribution in [2.24, 2.45) is 5.92 Å². The van der Waals surface area contributed by atoms with E-state index >= 15 is 0 Å². The number of rotatable bonds is 7. The highest BCUT2D eigenvalue weighted by atomic mass is 35.5. The number of likely N-dealkylation sites (tertiary alicyclic amines) is 1. The summed E-state index contributed by atoms with van der Waals surface area (Å²) in [6.07, 6.45) is 0.851.